The standard InChI is InChI=1S/C28H23FN2O2/c1-5-27(32)30-21-11-10-19(14-24-17(2)12-20(29)13-18(24)3)25(15-21)26-16-31(4)28(33)23-9-7-6-8-22(23)26/h1,6-13,15-16H,14H2,2-4H3,(H,30,32). The Hall–Kier alpha value is -4.17. The van der Waals surface area contributed by atoms with Crippen LogP contribution in [0.3, 0.4) is 0 Å². The van der Waals surface area contributed by atoms with Gasteiger partial charge in [-0.2, -0.15) is 0 Å². The number of hydrogen-bond donors (Lipinski definition) is 1. The van der Waals surface area contributed by atoms with Crippen molar-refractivity contribution in [3.63, 3.8) is 0 Å². The zero-order valence-electron chi connectivity index (χ0n) is 18.7. The normalized spacial score (nSPS) is 10.8. The van der Waals surface area contributed by atoms with E-state index in [2.05, 4.69) is 11.2 Å². The summed E-state index contributed by atoms with van der Waals surface area (Å²) in [7, 11) is 1.72. The van der Waals surface area contributed by atoms with Crippen LogP contribution in [-0.4, -0.2) is 10.5 Å². The fourth-order valence-corrected chi connectivity index (χ4v) is 4.27. The number of terminal acetylenes is 1. The van der Waals surface area contributed by atoms with Gasteiger partial charge < -0.3 is 9.88 Å². The van der Waals surface area contributed by atoms with Crippen molar-refractivity contribution < 1.29 is 9.18 Å². The number of fused-ring (bicyclic) bond motifs is 1. The summed E-state index contributed by atoms with van der Waals surface area (Å²) in [5.74, 6) is 1.27. The molecule has 0 aliphatic heterocycles. The predicted molar refractivity (Wildman–Crippen MR) is 131 cm³/mol. The molecule has 0 aliphatic rings. The Bertz CT molecular complexity index is 1490. The number of nitrogens with one attached hydrogen (secondary N) is 1. The number of carbonyl (C=O) groups excluding carboxylic acids is 1. The van der Waals surface area contributed by atoms with Gasteiger partial charge in [-0.3, -0.25) is 9.59 Å². The number of anilines is 1. The lowest BCUT2D eigenvalue weighted by atomic mass is 9.89. The first kappa shape index (κ1) is 22.0. The van der Waals surface area contributed by atoms with Crippen LogP contribution in [0.2, 0.25) is 0 Å². The molecule has 0 saturated heterocycles. The average molecular weight is 439 g/mol. The Morgan fingerprint density at radius 2 is 1.70 bits per heavy atom. The van der Waals surface area contributed by atoms with Gasteiger partial charge in [0.25, 0.3) is 11.5 Å². The molecular formula is C28H23FN2O2. The third-order valence-corrected chi connectivity index (χ3v) is 5.91. The zero-order chi connectivity index (χ0) is 23.7. The van der Waals surface area contributed by atoms with Crippen LogP contribution in [0.15, 0.2) is 65.6 Å². The van der Waals surface area contributed by atoms with Crippen molar-refractivity contribution in [1.29, 1.82) is 0 Å². The minimum atomic E-state index is -0.538. The molecule has 0 fully saturated rings. The third kappa shape index (κ3) is 4.28. The molecule has 0 bridgehead atoms. The highest BCUT2D eigenvalue weighted by Crippen LogP contribution is 2.34. The van der Waals surface area contributed by atoms with E-state index in [0.29, 0.717) is 17.5 Å². The Balaban J connectivity index is 1.97. The highest BCUT2D eigenvalue weighted by atomic mass is 19.1. The summed E-state index contributed by atoms with van der Waals surface area (Å²) >= 11 is 0. The molecule has 0 unspecified atom stereocenters. The van der Waals surface area contributed by atoms with Gasteiger partial charge in [0.2, 0.25) is 0 Å². The number of pyridine rings is 1. The highest BCUT2D eigenvalue weighted by Gasteiger charge is 2.16. The number of nitrogens with zero attached hydrogens (tertiary/aromatic N) is 1. The van der Waals surface area contributed by atoms with E-state index in [1.165, 1.54) is 12.1 Å². The smallest absolute Gasteiger partial charge is 0.300 e. The number of aryl methyl sites for hydroxylation is 3. The van der Waals surface area contributed by atoms with Crippen molar-refractivity contribution in [3.05, 3.63) is 99.2 Å². The first-order chi connectivity index (χ1) is 15.8. The fraction of sp³-hybridized carbons (Fsp3) is 0.143. The Labute approximate surface area is 191 Å². The minimum Gasteiger partial charge on any atom is -0.317 e. The maximum atomic E-state index is 13.9. The van der Waals surface area contributed by atoms with E-state index >= 15 is 0 Å². The second kappa shape index (κ2) is 8.76. The van der Waals surface area contributed by atoms with Gasteiger partial charge >= 0.3 is 0 Å². The fourth-order valence-electron chi connectivity index (χ4n) is 4.27. The molecule has 4 rings (SSSR count). The number of hydrogen-bond acceptors (Lipinski definition) is 2. The van der Waals surface area contributed by atoms with E-state index in [1.54, 1.807) is 29.9 Å². The molecule has 4 aromatic rings. The summed E-state index contributed by atoms with van der Waals surface area (Å²) < 4.78 is 15.4. The summed E-state index contributed by atoms with van der Waals surface area (Å²) in [6.45, 7) is 3.79. The molecule has 33 heavy (non-hydrogen) atoms. The lowest BCUT2D eigenvalue weighted by Crippen LogP contribution is -2.16. The molecule has 4 nitrogen and oxygen atoms in total. The van der Waals surface area contributed by atoms with Crippen LogP contribution in [0.1, 0.15) is 22.3 Å². The lowest BCUT2D eigenvalue weighted by Gasteiger charge is -2.17. The molecule has 1 heterocycles. The molecule has 0 atom stereocenters. The molecule has 0 saturated carbocycles. The van der Waals surface area contributed by atoms with E-state index < -0.39 is 5.91 Å². The molecule has 0 aliphatic carbocycles. The quantitative estimate of drug-likeness (QED) is 0.450. The van der Waals surface area contributed by atoms with Gasteiger partial charge in [0.15, 0.2) is 0 Å². The maximum Gasteiger partial charge on any atom is 0.300 e. The van der Waals surface area contributed by atoms with Crippen LogP contribution < -0.4 is 10.9 Å². The van der Waals surface area contributed by atoms with Crippen molar-refractivity contribution in [2.24, 2.45) is 7.05 Å². The molecule has 1 amide bonds. The van der Waals surface area contributed by atoms with Crippen LogP contribution in [0.5, 0.6) is 0 Å². The Morgan fingerprint density at radius 3 is 2.36 bits per heavy atom. The molecule has 0 spiro atoms. The van der Waals surface area contributed by atoms with E-state index in [4.69, 9.17) is 6.42 Å². The summed E-state index contributed by atoms with van der Waals surface area (Å²) in [6.07, 6.45) is 7.60. The number of rotatable bonds is 4. The van der Waals surface area contributed by atoms with Crippen LogP contribution in [0.25, 0.3) is 21.9 Å². The van der Waals surface area contributed by atoms with Gasteiger partial charge in [-0.15, -0.1) is 6.42 Å². The van der Waals surface area contributed by atoms with E-state index in [1.807, 2.05) is 44.2 Å². The zero-order valence-corrected chi connectivity index (χ0v) is 18.7. The SMILES string of the molecule is C#CC(=O)Nc1ccc(Cc2c(C)cc(F)cc2C)c(-c2cn(C)c(=O)c3ccccc23)c1. The van der Waals surface area contributed by atoms with Crippen molar-refractivity contribution in [2.75, 3.05) is 5.32 Å². The van der Waals surface area contributed by atoms with Crippen LogP contribution >= 0.6 is 0 Å². The topological polar surface area (TPSA) is 51.1 Å². The Kier molecular flexibility index (Phi) is 5.85. The van der Waals surface area contributed by atoms with E-state index in [0.717, 1.165) is 38.8 Å². The van der Waals surface area contributed by atoms with Crippen LogP contribution in [0.4, 0.5) is 10.1 Å². The maximum absolute atomic E-state index is 13.9. The van der Waals surface area contributed by atoms with E-state index in [-0.39, 0.29) is 11.4 Å². The minimum absolute atomic E-state index is 0.0853. The van der Waals surface area contributed by atoms with Crippen LogP contribution in [-0.2, 0) is 18.3 Å². The molecule has 164 valence electrons. The number of halogens is 1. The average Bonchev–Trinajstić information content (AvgIpc) is 2.79. The second-order valence-electron chi connectivity index (χ2n) is 8.17. The third-order valence-electron chi connectivity index (χ3n) is 5.91. The van der Waals surface area contributed by atoms with E-state index in [9.17, 15) is 14.0 Å². The van der Waals surface area contributed by atoms with Crippen LogP contribution in [0, 0.1) is 32.0 Å². The summed E-state index contributed by atoms with van der Waals surface area (Å²) in [6, 6.07) is 16.1. The highest BCUT2D eigenvalue weighted by molar-refractivity contribution is 6.04. The molecular weight excluding hydrogens is 415 g/mol. The van der Waals surface area contributed by atoms with Crippen molar-refractivity contribution in [2.45, 2.75) is 20.3 Å². The van der Waals surface area contributed by atoms with Crippen molar-refractivity contribution >= 4 is 22.4 Å². The Morgan fingerprint density at radius 1 is 1.03 bits per heavy atom. The monoisotopic (exact) mass is 438 g/mol. The summed E-state index contributed by atoms with van der Waals surface area (Å²) in [5, 5.41) is 4.13. The van der Waals surface area contributed by atoms with Gasteiger partial charge in [0, 0.05) is 29.9 Å². The largest absolute Gasteiger partial charge is 0.317 e. The first-order valence-corrected chi connectivity index (χ1v) is 10.5. The lowest BCUT2D eigenvalue weighted by molar-refractivity contribution is -0.111. The molecule has 5 heteroatoms. The summed E-state index contributed by atoms with van der Waals surface area (Å²) in [5.41, 5.74) is 5.95. The molecule has 3 aromatic carbocycles. The number of aromatic nitrogens is 1. The number of amides is 1. The van der Waals surface area contributed by atoms with Gasteiger partial charge in [0.05, 0.1) is 0 Å². The van der Waals surface area contributed by atoms with Gasteiger partial charge in [0.1, 0.15) is 5.82 Å². The second-order valence-corrected chi connectivity index (χ2v) is 8.17. The number of benzene rings is 3. The van der Waals surface area contributed by atoms with Gasteiger partial charge in [-0.1, -0.05) is 24.3 Å². The van der Waals surface area contributed by atoms with Crippen molar-refractivity contribution in [3.8, 4) is 23.5 Å². The summed E-state index contributed by atoms with van der Waals surface area (Å²) in [4.78, 5) is 24.5. The van der Waals surface area contributed by atoms with Gasteiger partial charge in [-0.05, 0) is 89.7 Å². The first-order valence-electron chi connectivity index (χ1n) is 10.5. The molecule has 0 radical (unpaired) electrons. The molecule has 1 aromatic heterocycles. The molecule has 1 N–H and O–H groups in total. The van der Waals surface area contributed by atoms with Crippen molar-refractivity contribution in [1.82, 2.24) is 4.57 Å². The number of carbonyl (C=O) groups is 1. The predicted octanol–water partition coefficient (Wildman–Crippen LogP) is 5.12. The van der Waals surface area contributed by atoms with Gasteiger partial charge in [-0.25, -0.2) is 4.39 Å².